The van der Waals surface area contributed by atoms with Crippen LogP contribution in [-0.2, 0) is 0 Å². The fourth-order valence-electron chi connectivity index (χ4n) is 1.55. The van der Waals surface area contributed by atoms with Crippen molar-refractivity contribution in [2.75, 3.05) is 11.5 Å². The molecule has 2 rings (SSSR count). The second-order valence-corrected chi connectivity index (χ2v) is 4.10. The summed E-state index contributed by atoms with van der Waals surface area (Å²) in [6, 6.07) is 3.83. The number of nitrogens with zero attached hydrogens (tertiary/aromatic N) is 3. The first-order valence-corrected chi connectivity index (χ1v) is 5.57. The Kier molecular flexibility index (Phi) is 9.40. The van der Waals surface area contributed by atoms with Gasteiger partial charge in [-0.15, -0.1) is 0 Å². The highest BCUT2D eigenvalue weighted by Crippen LogP contribution is 1.98. The van der Waals surface area contributed by atoms with E-state index < -0.39 is 0 Å². The van der Waals surface area contributed by atoms with Gasteiger partial charge in [0.05, 0.1) is 5.69 Å². The number of nitrogens with one attached hydrogen (secondary N) is 1. The van der Waals surface area contributed by atoms with E-state index in [0.717, 1.165) is 22.8 Å². The summed E-state index contributed by atoms with van der Waals surface area (Å²) in [7, 11) is 0. The molecule has 20 heavy (non-hydrogen) atoms. The third-order valence-corrected chi connectivity index (χ3v) is 2.05. The molecule has 2 heterocycles. The molecule has 0 aliphatic rings. The molecule has 2 aromatic rings. The first kappa shape index (κ1) is 20.5. The van der Waals surface area contributed by atoms with Crippen molar-refractivity contribution in [1.29, 1.82) is 0 Å². The van der Waals surface area contributed by atoms with Gasteiger partial charge in [-0.2, -0.15) is 0 Å². The smallest absolute Gasteiger partial charge is 0.387 e. The van der Waals surface area contributed by atoms with E-state index in [1.165, 1.54) is 0 Å². The third kappa shape index (κ3) is 7.59. The first-order valence-electron chi connectivity index (χ1n) is 5.57. The van der Waals surface area contributed by atoms with Gasteiger partial charge >= 0.3 is 5.95 Å². The van der Waals surface area contributed by atoms with Gasteiger partial charge in [0.15, 0.2) is 0 Å². The number of rotatable bonds is 0. The van der Waals surface area contributed by atoms with Crippen molar-refractivity contribution in [1.82, 2.24) is 15.0 Å². The summed E-state index contributed by atoms with van der Waals surface area (Å²) in [5, 5.41) is 0. The van der Waals surface area contributed by atoms with E-state index in [1.54, 1.807) is 0 Å². The molecule has 0 fully saturated rings. The SMILES string of the molecule is Cc1cc(C)[nH+]c(N)n1.Cc1cc(C)nc(N)n1.O.[Br-]. The van der Waals surface area contributed by atoms with E-state index in [9.17, 15) is 0 Å². The van der Waals surface area contributed by atoms with Gasteiger partial charge < -0.3 is 28.2 Å². The number of aromatic amines is 1. The van der Waals surface area contributed by atoms with E-state index in [4.69, 9.17) is 11.5 Å². The Morgan fingerprint density at radius 2 is 1.30 bits per heavy atom. The van der Waals surface area contributed by atoms with Gasteiger partial charge in [0.25, 0.3) is 0 Å². The second-order valence-electron chi connectivity index (χ2n) is 4.10. The Morgan fingerprint density at radius 1 is 0.850 bits per heavy atom. The van der Waals surface area contributed by atoms with Crippen molar-refractivity contribution in [2.45, 2.75) is 27.7 Å². The number of aryl methyl sites for hydroxylation is 4. The average molecular weight is 345 g/mol. The third-order valence-electron chi connectivity index (χ3n) is 2.05. The number of aromatic nitrogens is 4. The molecule has 2 aromatic heterocycles. The van der Waals surface area contributed by atoms with Crippen molar-refractivity contribution >= 4 is 11.9 Å². The van der Waals surface area contributed by atoms with Gasteiger partial charge in [0, 0.05) is 17.5 Å². The molecule has 0 radical (unpaired) electrons. The Morgan fingerprint density at radius 3 is 1.65 bits per heavy atom. The maximum absolute atomic E-state index is 5.39. The van der Waals surface area contributed by atoms with Crippen LogP contribution >= 0.6 is 0 Å². The highest BCUT2D eigenvalue weighted by molar-refractivity contribution is 5.20. The van der Waals surface area contributed by atoms with Crippen LogP contribution in [0.5, 0.6) is 0 Å². The molecule has 0 amide bonds. The van der Waals surface area contributed by atoms with Crippen LogP contribution in [0.2, 0.25) is 0 Å². The summed E-state index contributed by atoms with van der Waals surface area (Å²) in [6.45, 7) is 7.65. The minimum atomic E-state index is 0. The zero-order valence-corrected chi connectivity index (χ0v) is 13.6. The first-order chi connectivity index (χ1) is 8.36. The van der Waals surface area contributed by atoms with Gasteiger partial charge in [-0.05, 0) is 33.8 Å². The number of anilines is 2. The summed E-state index contributed by atoms with van der Waals surface area (Å²) in [5.74, 6) is 0.833. The van der Waals surface area contributed by atoms with Gasteiger partial charge in [-0.3, -0.25) is 5.73 Å². The lowest BCUT2D eigenvalue weighted by atomic mass is 10.4. The van der Waals surface area contributed by atoms with Crippen LogP contribution in [0.15, 0.2) is 12.1 Å². The Balaban J connectivity index is 0. The molecule has 0 aliphatic carbocycles. The summed E-state index contributed by atoms with van der Waals surface area (Å²) in [4.78, 5) is 14.6. The average Bonchev–Trinajstić information content (AvgIpc) is 2.12. The molecule has 0 spiro atoms. The molecule has 0 atom stereocenters. The zero-order chi connectivity index (χ0) is 13.7. The molecule has 0 aromatic carbocycles. The lowest BCUT2D eigenvalue weighted by molar-refractivity contribution is -0.374. The van der Waals surface area contributed by atoms with Gasteiger partial charge in [-0.1, -0.05) is 4.98 Å². The summed E-state index contributed by atoms with van der Waals surface area (Å²) >= 11 is 0. The minimum absolute atomic E-state index is 0. The van der Waals surface area contributed by atoms with Crippen LogP contribution in [-0.4, -0.2) is 20.4 Å². The van der Waals surface area contributed by atoms with E-state index >= 15 is 0 Å². The van der Waals surface area contributed by atoms with Crippen molar-refractivity contribution in [3.63, 3.8) is 0 Å². The van der Waals surface area contributed by atoms with E-state index in [2.05, 4.69) is 19.9 Å². The van der Waals surface area contributed by atoms with Gasteiger partial charge in [-0.25, -0.2) is 15.0 Å². The maximum Gasteiger partial charge on any atom is 0.387 e. The number of nitrogens with two attached hydrogens (primary N) is 2. The monoisotopic (exact) mass is 344 g/mol. The molecular weight excluding hydrogens is 324 g/mol. The van der Waals surface area contributed by atoms with Crippen molar-refractivity contribution in [2.24, 2.45) is 0 Å². The molecule has 0 bridgehead atoms. The molecule has 8 heteroatoms. The molecule has 0 aliphatic heterocycles. The summed E-state index contributed by atoms with van der Waals surface area (Å²) in [6.07, 6.45) is 0. The van der Waals surface area contributed by atoms with Crippen LogP contribution in [0.4, 0.5) is 11.9 Å². The number of nitrogen functional groups attached to an aromatic ring is 2. The predicted molar refractivity (Wildman–Crippen MR) is 74.2 cm³/mol. The van der Waals surface area contributed by atoms with E-state index in [1.807, 2.05) is 39.8 Å². The fourth-order valence-corrected chi connectivity index (χ4v) is 1.55. The van der Waals surface area contributed by atoms with Crippen molar-refractivity contribution in [3.05, 3.63) is 34.9 Å². The highest BCUT2D eigenvalue weighted by Gasteiger charge is 1.98. The quantitative estimate of drug-likeness (QED) is 0.523. The highest BCUT2D eigenvalue weighted by atomic mass is 79.9. The fraction of sp³-hybridized carbons (Fsp3) is 0.333. The second kappa shape index (κ2) is 9.16. The number of H-pyrrole nitrogens is 1. The minimum Gasteiger partial charge on any atom is -1.00 e. The van der Waals surface area contributed by atoms with E-state index in [-0.39, 0.29) is 22.5 Å². The summed E-state index contributed by atoms with van der Waals surface area (Å²) in [5.41, 5.74) is 14.6. The molecule has 7 N–H and O–H groups in total. The molecular formula is C12H21BrN6O. The lowest BCUT2D eigenvalue weighted by Gasteiger charge is -1.94. The molecule has 0 saturated carbocycles. The maximum atomic E-state index is 5.39. The Hall–Kier alpha value is -1.80. The van der Waals surface area contributed by atoms with Crippen LogP contribution < -0.4 is 33.4 Å². The van der Waals surface area contributed by atoms with E-state index in [0.29, 0.717) is 11.9 Å². The molecule has 7 nitrogen and oxygen atoms in total. The molecule has 0 unspecified atom stereocenters. The topological polar surface area (TPSA) is 136 Å². The summed E-state index contributed by atoms with van der Waals surface area (Å²) < 4.78 is 0. The Labute approximate surface area is 129 Å². The van der Waals surface area contributed by atoms with Crippen LogP contribution in [0.25, 0.3) is 0 Å². The Bertz CT molecular complexity index is 399. The van der Waals surface area contributed by atoms with Gasteiger partial charge in [0.1, 0.15) is 5.69 Å². The number of hydrogen-bond acceptors (Lipinski definition) is 5. The molecule has 0 saturated heterocycles. The van der Waals surface area contributed by atoms with Crippen LogP contribution in [0.3, 0.4) is 0 Å². The normalized spacial score (nSPS) is 8.60. The van der Waals surface area contributed by atoms with Gasteiger partial charge in [0.2, 0.25) is 5.95 Å². The zero-order valence-electron chi connectivity index (χ0n) is 12.0. The van der Waals surface area contributed by atoms with Crippen LogP contribution in [0, 0.1) is 27.7 Å². The van der Waals surface area contributed by atoms with Crippen LogP contribution in [0.1, 0.15) is 22.8 Å². The molecule has 112 valence electrons. The lowest BCUT2D eigenvalue weighted by Crippen LogP contribution is -3.00. The van der Waals surface area contributed by atoms with Crippen molar-refractivity contribution < 1.29 is 27.4 Å². The standard InChI is InChI=1S/2C6H9N3.BrH.H2O/c2*1-4-3-5(2)9-6(7)8-4;;/h2*3H,1-2H3,(H2,7,8,9);1H;1H2. The largest absolute Gasteiger partial charge is 1.00 e. The van der Waals surface area contributed by atoms with Crippen molar-refractivity contribution in [3.8, 4) is 0 Å². The predicted octanol–water partition coefficient (Wildman–Crippen LogP) is -3.05. The number of hydrogen-bond donors (Lipinski definition) is 2. The number of halogens is 1.